The van der Waals surface area contributed by atoms with Crippen molar-refractivity contribution in [1.29, 1.82) is 0 Å². The molecule has 0 bridgehead atoms. The maximum absolute atomic E-state index is 14.4. The number of urea groups is 1. The van der Waals surface area contributed by atoms with E-state index in [1.807, 2.05) is 34.6 Å². The van der Waals surface area contributed by atoms with Crippen molar-refractivity contribution in [2.75, 3.05) is 12.3 Å². The van der Waals surface area contributed by atoms with Gasteiger partial charge >= 0.3 is 6.03 Å². The van der Waals surface area contributed by atoms with Gasteiger partial charge in [-0.15, -0.1) is 0 Å². The first-order chi connectivity index (χ1) is 21.6. The van der Waals surface area contributed by atoms with E-state index in [2.05, 4.69) is 16.0 Å². The summed E-state index contributed by atoms with van der Waals surface area (Å²) in [6.07, 6.45) is 4.03. The van der Waals surface area contributed by atoms with E-state index in [1.165, 1.54) is 4.90 Å². The molecular weight excluding hydrogens is 634 g/mol. The van der Waals surface area contributed by atoms with Crippen molar-refractivity contribution in [2.24, 2.45) is 34.3 Å². The average Bonchev–Trinajstić information content (AvgIpc) is 3.31. The monoisotopic (exact) mass is 697 g/mol. The Bertz CT molecular complexity index is 1320. The zero-order chi connectivity index (χ0) is 37.2. The highest BCUT2D eigenvalue weighted by Gasteiger charge is 2.50. The summed E-state index contributed by atoms with van der Waals surface area (Å²) in [7, 11) is -3.61. The number of ketones is 1. The van der Waals surface area contributed by atoms with Crippen LogP contribution in [0, 0.1) is 28.6 Å². The minimum absolute atomic E-state index is 0.0679. The van der Waals surface area contributed by atoms with Gasteiger partial charge in [-0.05, 0) is 75.5 Å². The number of nitrogens with zero attached hydrogens (tertiary/aromatic N) is 1. The first-order valence-corrected chi connectivity index (χ1v) is 19.0. The number of nitrogens with two attached hydrogens (primary N) is 1. The fraction of sp³-hybridized carbons (Fsp3) is 0.857. The summed E-state index contributed by atoms with van der Waals surface area (Å²) in [5.74, 6) is -3.26. The number of amides is 5. The van der Waals surface area contributed by atoms with Crippen LogP contribution in [0.4, 0.5) is 4.79 Å². The number of likely N-dealkylation sites (tertiary alicyclic amines) is 1. The van der Waals surface area contributed by atoms with Crippen molar-refractivity contribution in [2.45, 2.75) is 150 Å². The van der Waals surface area contributed by atoms with Crippen molar-refractivity contribution in [3.63, 3.8) is 0 Å². The molecule has 0 spiro atoms. The Hall–Kier alpha value is -2.70. The van der Waals surface area contributed by atoms with Gasteiger partial charge in [0.1, 0.15) is 12.1 Å². The first kappa shape index (κ1) is 41.5. The Balaban J connectivity index is 2.42. The van der Waals surface area contributed by atoms with E-state index in [0.29, 0.717) is 19.3 Å². The number of hydrogen-bond acceptors (Lipinski definition) is 7. The molecule has 0 aromatic heterocycles. The van der Waals surface area contributed by atoms with E-state index < -0.39 is 78.6 Å². The lowest BCUT2D eigenvalue weighted by Gasteiger charge is -2.40. The molecule has 0 radical (unpaired) electrons. The van der Waals surface area contributed by atoms with Crippen LogP contribution in [0.1, 0.15) is 122 Å². The molecule has 1 saturated heterocycles. The van der Waals surface area contributed by atoms with Crippen LogP contribution in [-0.2, 0) is 29.0 Å². The SMILES string of the molecule is CC(C)CC(C)(CS(=O)(=O)C(C)(C)C)NC(=O)N[C@H](C(=O)N1CCC(C(C)(C)C)[C@H]1C(=O)NC(CC1CCC1)C(=O)C(N)=O)C(C)(C)C. The highest BCUT2D eigenvalue weighted by Crippen LogP contribution is 2.40. The van der Waals surface area contributed by atoms with Crippen molar-refractivity contribution < 1.29 is 32.4 Å². The Morgan fingerprint density at radius 1 is 0.875 bits per heavy atom. The molecular formula is C35H63N5O7S. The van der Waals surface area contributed by atoms with Gasteiger partial charge in [-0.25, -0.2) is 13.2 Å². The minimum atomic E-state index is -3.61. The van der Waals surface area contributed by atoms with Gasteiger partial charge in [-0.2, -0.15) is 0 Å². The fourth-order valence-electron chi connectivity index (χ4n) is 6.93. The van der Waals surface area contributed by atoms with E-state index in [-0.39, 0.29) is 30.1 Å². The van der Waals surface area contributed by atoms with Gasteiger partial charge < -0.3 is 26.6 Å². The van der Waals surface area contributed by atoms with Gasteiger partial charge in [-0.3, -0.25) is 19.2 Å². The molecule has 13 heteroatoms. The van der Waals surface area contributed by atoms with Crippen molar-refractivity contribution >= 4 is 39.4 Å². The maximum atomic E-state index is 14.4. The zero-order valence-electron chi connectivity index (χ0n) is 31.4. The normalized spacial score (nSPS) is 21.9. The summed E-state index contributed by atoms with van der Waals surface area (Å²) in [6, 6.07) is -3.80. The number of Topliss-reactive ketones (excluding diaryl/α,β-unsaturated/α-hetero) is 1. The summed E-state index contributed by atoms with van der Waals surface area (Å²) < 4.78 is 25.4. The van der Waals surface area contributed by atoms with Gasteiger partial charge in [0.25, 0.3) is 5.91 Å². The van der Waals surface area contributed by atoms with Crippen LogP contribution in [0.15, 0.2) is 0 Å². The predicted molar refractivity (Wildman–Crippen MR) is 187 cm³/mol. The van der Waals surface area contributed by atoms with Crippen molar-refractivity contribution in [1.82, 2.24) is 20.9 Å². The summed E-state index contributed by atoms with van der Waals surface area (Å²) >= 11 is 0. The van der Waals surface area contributed by atoms with E-state index in [9.17, 15) is 32.4 Å². The number of rotatable bonds is 13. The number of carbonyl (C=O) groups is 5. The number of nitrogens with one attached hydrogen (secondary N) is 3. The smallest absolute Gasteiger partial charge is 0.315 e. The second-order valence-corrected chi connectivity index (χ2v) is 20.7. The standard InChI is InChI=1S/C35H63N5O7S/c1-21(2)19-35(12,20-48(46,47)34(9,10)11)39-31(45)38-27(33(6,7)8)30(44)40-17-16-23(32(3,4)5)25(40)29(43)37-24(26(41)28(36)42)18-22-14-13-15-22/h21-25,27H,13-20H2,1-12H3,(H2,36,42)(H,37,43)(H2,38,39,45)/t23?,24?,25-,27+,35?/m0/s1. The summed E-state index contributed by atoms with van der Waals surface area (Å²) in [5, 5.41) is 8.51. The molecule has 276 valence electrons. The van der Waals surface area contributed by atoms with Gasteiger partial charge in [-0.1, -0.05) is 74.7 Å². The van der Waals surface area contributed by atoms with Crippen molar-refractivity contribution in [3.05, 3.63) is 0 Å². The number of primary amides is 1. The molecule has 2 aliphatic rings. The highest BCUT2D eigenvalue weighted by molar-refractivity contribution is 7.92. The largest absolute Gasteiger partial charge is 0.363 e. The third-order valence-corrected chi connectivity index (χ3v) is 12.7. The molecule has 3 unspecified atom stereocenters. The lowest BCUT2D eigenvalue weighted by atomic mass is 9.75. The first-order valence-electron chi connectivity index (χ1n) is 17.3. The van der Waals surface area contributed by atoms with Crippen LogP contribution in [0.3, 0.4) is 0 Å². The fourth-order valence-corrected chi connectivity index (χ4v) is 8.39. The van der Waals surface area contributed by atoms with Crippen LogP contribution >= 0.6 is 0 Å². The van der Waals surface area contributed by atoms with Crippen LogP contribution < -0.4 is 21.7 Å². The molecule has 1 heterocycles. The van der Waals surface area contributed by atoms with E-state index >= 15 is 0 Å². The van der Waals surface area contributed by atoms with Crippen LogP contribution in [0.2, 0.25) is 0 Å². The van der Waals surface area contributed by atoms with Gasteiger partial charge in [0, 0.05) is 6.54 Å². The Labute approximate surface area is 288 Å². The third kappa shape index (κ3) is 10.6. The summed E-state index contributed by atoms with van der Waals surface area (Å²) in [6.45, 7) is 22.1. The molecule has 1 aliphatic heterocycles. The van der Waals surface area contributed by atoms with Gasteiger partial charge in [0.05, 0.1) is 22.1 Å². The Kier molecular flexibility index (Phi) is 13.0. The molecule has 1 saturated carbocycles. The molecule has 12 nitrogen and oxygen atoms in total. The van der Waals surface area contributed by atoms with E-state index in [0.717, 1.165) is 19.3 Å². The van der Waals surface area contributed by atoms with Gasteiger partial charge in [0.2, 0.25) is 17.6 Å². The number of hydrogen-bond donors (Lipinski definition) is 4. The molecule has 0 aromatic carbocycles. The summed E-state index contributed by atoms with van der Waals surface area (Å²) in [4.78, 5) is 68.3. The van der Waals surface area contributed by atoms with Crippen LogP contribution in [0.25, 0.3) is 0 Å². The second kappa shape index (κ2) is 15.0. The molecule has 2 rings (SSSR count). The quantitative estimate of drug-likeness (QED) is 0.211. The predicted octanol–water partition coefficient (Wildman–Crippen LogP) is 3.71. The molecule has 2 fully saturated rings. The van der Waals surface area contributed by atoms with Crippen LogP contribution in [0.5, 0.6) is 0 Å². The third-order valence-electron chi connectivity index (χ3n) is 9.84. The van der Waals surface area contributed by atoms with E-state index in [1.54, 1.807) is 48.5 Å². The number of carbonyl (C=O) groups excluding carboxylic acids is 5. The summed E-state index contributed by atoms with van der Waals surface area (Å²) in [5.41, 5.74) is 3.04. The Morgan fingerprint density at radius 3 is 1.85 bits per heavy atom. The second-order valence-electron chi connectivity index (χ2n) is 18.0. The van der Waals surface area contributed by atoms with Crippen molar-refractivity contribution in [3.8, 4) is 0 Å². The molecule has 0 aromatic rings. The van der Waals surface area contributed by atoms with E-state index in [4.69, 9.17) is 5.73 Å². The molecule has 5 N–H and O–H groups in total. The van der Waals surface area contributed by atoms with Crippen LogP contribution in [-0.4, -0.2) is 83.6 Å². The van der Waals surface area contributed by atoms with Gasteiger partial charge in [0.15, 0.2) is 9.84 Å². The lowest BCUT2D eigenvalue weighted by molar-refractivity contribution is -0.145. The molecule has 5 atom stereocenters. The zero-order valence-corrected chi connectivity index (χ0v) is 32.2. The highest BCUT2D eigenvalue weighted by atomic mass is 32.2. The molecule has 1 aliphatic carbocycles. The molecule has 48 heavy (non-hydrogen) atoms. The Morgan fingerprint density at radius 2 is 1.44 bits per heavy atom. The lowest BCUT2D eigenvalue weighted by Crippen LogP contribution is -2.63. The molecule has 5 amide bonds. The maximum Gasteiger partial charge on any atom is 0.315 e. The number of sulfone groups is 1. The average molecular weight is 698 g/mol. The topological polar surface area (TPSA) is 185 Å². The minimum Gasteiger partial charge on any atom is -0.363 e.